The molecule has 0 fully saturated rings. The first-order chi connectivity index (χ1) is 35.0. The molecule has 0 aromatic carbocycles. The van der Waals surface area contributed by atoms with Crippen LogP contribution in [0.3, 0.4) is 0 Å². The molecule has 2 atom stereocenters. The summed E-state index contributed by atoms with van der Waals surface area (Å²) in [4.78, 5) is 37.8. The summed E-state index contributed by atoms with van der Waals surface area (Å²) in [5.74, 6) is -0.950. The maximum Gasteiger partial charge on any atom is 0.306 e. The Morgan fingerprint density at radius 3 is 1.17 bits per heavy atom. The zero-order valence-electron chi connectivity index (χ0n) is 45.8. The van der Waals surface area contributed by atoms with Crippen LogP contribution in [0.1, 0.15) is 181 Å². The van der Waals surface area contributed by atoms with Gasteiger partial charge in [0.05, 0.1) is 27.7 Å². The van der Waals surface area contributed by atoms with Crippen molar-refractivity contribution in [1.29, 1.82) is 0 Å². The fourth-order valence-electron chi connectivity index (χ4n) is 6.68. The number of hydrogen-bond donors (Lipinski definition) is 0. The molecule has 0 aliphatic heterocycles. The summed E-state index contributed by atoms with van der Waals surface area (Å²) in [7, 11) is 1.09. The predicted octanol–water partition coefficient (Wildman–Crippen LogP) is 16.5. The number of hydrogen-bond acceptors (Lipinski definition) is 8. The normalized spacial score (nSPS) is 14.5. The fourth-order valence-corrected chi connectivity index (χ4v) is 7.41. The summed E-state index contributed by atoms with van der Waals surface area (Å²) in [6.07, 6.45) is 76.2. The van der Waals surface area contributed by atoms with Gasteiger partial charge in [-0.25, -0.2) is 0 Å². The summed E-state index contributed by atoms with van der Waals surface area (Å²) in [5, 5.41) is 0. The van der Waals surface area contributed by atoms with Gasteiger partial charge in [-0.05, 0) is 103 Å². The first-order valence-electron chi connectivity index (χ1n) is 27.5. The highest BCUT2D eigenvalue weighted by atomic mass is 31.2. The van der Waals surface area contributed by atoms with E-state index in [9.17, 15) is 19.0 Å². The Labute approximate surface area is 440 Å². The van der Waals surface area contributed by atoms with Crippen LogP contribution >= 0.6 is 7.82 Å². The summed E-state index contributed by atoms with van der Waals surface area (Å²) < 4.78 is 34.0. The molecule has 9 nitrogen and oxygen atoms in total. The lowest BCUT2D eigenvalue weighted by atomic mass is 10.1. The van der Waals surface area contributed by atoms with Gasteiger partial charge in [-0.15, -0.1) is 0 Å². The standard InChI is InChI=1S/C62H100NO8P/c1-6-8-10-12-14-16-18-20-22-24-26-27-28-29-30-31-32-33-34-35-37-38-40-42-44-46-48-50-52-54-61(64)68-58-60(59-70-72(66,67)69-57-56-63(3,4)5)71-62(65)55-53-51-49-47-45-43-41-39-36-25-23-21-19-17-15-13-11-9-7-2/h8-11,14-17,20-23,26-27,29-30,32-33,36,39,43,45,49,51,60H,6-7,12-13,18-19,24-25,28,31,34-35,37-38,40-42,44,46-48,50,52-59H2,1-5H3/b10-8-,11-9-,16-14-,17-15-,22-20-,23-21-,27-26-,30-29-,33-32-,39-36-,45-43-,51-49-/t60-/m1/s1. The number of quaternary nitrogens is 1. The van der Waals surface area contributed by atoms with Gasteiger partial charge in [-0.3, -0.25) is 14.2 Å². The second-order valence-corrected chi connectivity index (χ2v) is 20.2. The van der Waals surface area contributed by atoms with Crippen LogP contribution < -0.4 is 4.89 Å². The van der Waals surface area contributed by atoms with Crippen molar-refractivity contribution in [3.63, 3.8) is 0 Å². The van der Waals surface area contributed by atoms with Crippen LogP contribution in [-0.4, -0.2) is 70.0 Å². The van der Waals surface area contributed by atoms with Crippen LogP contribution in [0, 0.1) is 0 Å². The van der Waals surface area contributed by atoms with Crippen LogP contribution in [0.4, 0.5) is 0 Å². The van der Waals surface area contributed by atoms with Crippen molar-refractivity contribution in [1.82, 2.24) is 0 Å². The van der Waals surface area contributed by atoms with Gasteiger partial charge in [0.1, 0.15) is 19.8 Å². The number of ether oxygens (including phenoxy) is 2. The van der Waals surface area contributed by atoms with E-state index in [1.807, 2.05) is 33.3 Å². The first-order valence-corrected chi connectivity index (χ1v) is 29.0. The number of phosphoric ester groups is 1. The molecule has 0 bridgehead atoms. The van der Waals surface area contributed by atoms with Crippen molar-refractivity contribution in [2.45, 2.75) is 187 Å². The highest BCUT2D eigenvalue weighted by molar-refractivity contribution is 7.45. The van der Waals surface area contributed by atoms with Crippen molar-refractivity contribution in [2.24, 2.45) is 0 Å². The van der Waals surface area contributed by atoms with Gasteiger partial charge in [0, 0.05) is 12.8 Å². The number of phosphoric acid groups is 1. The number of carbonyl (C=O) groups excluding carboxylic acids is 2. The quantitative estimate of drug-likeness (QED) is 0.0195. The maximum atomic E-state index is 12.7. The molecule has 0 heterocycles. The molecule has 0 aromatic rings. The Hall–Kier alpha value is -4.11. The van der Waals surface area contributed by atoms with Gasteiger partial charge >= 0.3 is 11.9 Å². The molecular formula is C62H100NO8P. The molecule has 0 radical (unpaired) electrons. The van der Waals surface area contributed by atoms with Crippen molar-refractivity contribution >= 4 is 19.8 Å². The minimum absolute atomic E-state index is 0.0536. The van der Waals surface area contributed by atoms with Gasteiger partial charge in [-0.2, -0.15) is 0 Å². The zero-order valence-corrected chi connectivity index (χ0v) is 46.7. The molecule has 406 valence electrons. The number of esters is 2. The Bertz CT molecular complexity index is 1720. The van der Waals surface area contributed by atoms with Crippen LogP contribution in [0.5, 0.6) is 0 Å². The maximum absolute atomic E-state index is 12.7. The van der Waals surface area contributed by atoms with Crippen LogP contribution in [-0.2, 0) is 32.7 Å². The smallest absolute Gasteiger partial charge is 0.306 e. The lowest BCUT2D eigenvalue weighted by molar-refractivity contribution is -0.870. The fraction of sp³-hybridized carbons (Fsp3) is 0.581. The van der Waals surface area contributed by atoms with Crippen LogP contribution in [0.15, 0.2) is 146 Å². The Balaban J connectivity index is 4.30. The van der Waals surface area contributed by atoms with Crippen molar-refractivity contribution in [2.75, 3.05) is 47.5 Å². The molecule has 0 rings (SSSR count). The van der Waals surface area contributed by atoms with E-state index in [0.29, 0.717) is 23.9 Å². The number of rotatable bonds is 48. The van der Waals surface area contributed by atoms with E-state index in [-0.39, 0.29) is 26.1 Å². The van der Waals surface area contributed by atoms with Crippen molar-refractivity contribution in [3.8, 4) is 0 Å². The topological polar surface area (TPSA) is 111 Å². The van der Waals surface area contributed by atoms with E-state index in [1.54, 1.807) is 0 Å². The summed E-state index contributed by atoms with van der Waals surface area (Å²) in [6.45, 7) is 3.89. The zero-order chi connectivity index (χ0) is 52.7. The minimum Gasteiger partial charge on any atom is -0.756 e. The minimum atomic E-state index is -4.67. The van der Waals surface area contributed by atoms with E-state index in [0.717, 1.165) is 103 Å². The predicted molar refractivity (Wildman–Crippen MR) is 304 cm³/mol. The number of nitrogens with zero attached hydrogens (tertiary/aromatic N) is 1. The molecule has 0 aliphatic rings. The highest BCUT2D eigenvalue weighted by Gasteiger charge is 2.21. The molecule has 10 heteroatoms. The summed E-state index contributed by atoms with van der Waals surface area (Å²) in [5.41, 5.74) is 0. The number of unbranched alkanes of at least 4 members (excludes halogenated alkanes) is 10. The van der Waals surface area contributed by atoms with Crippen LogP contribution in [0.2, 0.25) is 0 Å². The van der Waals surface area contributed by atoms with E-state index < -0.39 is 32.5 Å². The lowest BCUT2D eigenvalue weighted by Gasteiger charge is -2.28. The van der Waals surface area contributed by atoms with Gasteiger partial charge in [-0.1, -0.05) is 211 Å². The molecule has 0 saturated heterocycles. The molecule has 0 amide bonds. The molecule has 0 saturated carbocycles. The van der Waals surface area contributed by atoms with E-state index in [4.69, 9.17) is 18.5 Å². The van der Waals surface area contributed by atoms with Gasteiger partial charge in [0.2, 0.25) is 0 Å². The third-order valence-corrected chi connectivity index (χ3v) is 11.8. The number of carbonyl (C=O) groups is 2. The Morgan fingerprint density at radius 2 is 0.778 bits per heavy atom. The average Bonchev–Trinajstić information content (AvgIpc) is 3.34. The second-order valence-electron chi connectivity index (χ2n) is 18.8. The SMILES string of the molecule is CC/C=C\C/C=C\C/C=C\C/C=C\C/C=C\C/C=C\CCCCCCCCCCCCC(=O)OC[C@H](COP(=O)([O-])OCC[N+](C)(C)C)OC(=O)CC/C=C\C/C=C\C/C=C\C/C=C\C/C=C\C/C=C\CC. The third-order valence-electron chi connectivity index (χ3n) is 10.9. The number of likely N-dealkylation sites (N-methyl/N-ethyl adjacent to an activating group) is 1. The highest BCUT2D eigenvalue weighted by Crippen LogP contribution is 2.38. The average molecular weight is 1020 g/mol. The molecule has 1 unspecified atom stereocenters. The van der Waals surface area contributed by atoms with E-state index in [2.05, 4.69) is 148 Å². The van der Waals surface area contributed by atoms with E-state index >= 15 is 0 Å². The van der Waals surface area contributed by atoms with Gasteiger partial charge in [0.25, 0.3) is 7.82 Å². The van der Waals surface area contributed by atoms with Gasteiger partial charge < -0.3 is 27.9 Å². The summed E-state index contributed by atoms with van der Waals surface area (Å²) in [6, 6.07) is 0. The molecule has 72 heavy (non-hydrogen) atoms. The molecule has 0 spiro atoms. The molecule has 0 aromatic heterocycles. The van der Waals surface area contributed by atoms with Gasteiger partial charge in [0.15, 0.2) is 6.10 Å². The number of allylic oxidation sites excluding steroid dienone is 24. The molecular weight excluding hydrogens is 918 g/mol. The van der Waals surface area contributed by atoms with Crippen LogP contribution in [0.25, 0.3) is 0 Å². The first kappa shape index (κ1) is 67.9. The Kier molecular flexibility index (Phi) is 48.8. The largest absolute Gasteiger partial charge is 0.756 e. The molecule has 0 aliphatic carbocycles. The lowest BCUT2D eigenvalue weighted by Crippen LogP contribution is -2.37. The monoisotopic (exact) mass is 1020 g/mol. The van der Waals surface area contributed by atoms with Crippen molar-refractivity contribution in [3.05, 3.63) is 146 Å². The third kappa shape index (κ3) is 55.2. The second kappa shape index (κ2) is 51.8. The summed E-state index contributed by atoms with van der Waals surface area (Å²) >= 11 is 0. The molecule has 0 N–H and O–H groups in total. The Morgan fingerprint density at radius 1 is 0.431 bits per heavy atom. The van der Waals surface area contributed by atoms with E-state index in [1.165, 1.54) is 38.5 Å². The van der Waals surface area contributed by atoms with Crippen molar-refractivity contribution < 1.29 is 42.1 Å².